The number of esters is 1. The second-order valence-corrected chi connectivity index (χ2v) is 4.52. The second kappa shape index (κ2) is 6.10. The molecule has 3 N–H and O–H groups in total. The van der Waals surface area contributed by atoms with Gasteiger partial charge in [-0.3, -0.25) is 4.79 Å². The van der Waals surface area contributed by atoms with E-state index < -0.39 is 17.4 Å². The molecule has 6 heteroatoms. The number of hydrogen-bond donors (Lipinski definition) is 3. The first kappa shape index (κ1) is 15.6. The van der Waals surface area contributed by atoms with E-state index in [0.717, 1.165) is 6.08 Å². The summed E-state index contributed by atoms with van der Waals surface area (Å²) in [5, 5.41) is 21.2. The predicted octanol–water partition coefficient (Wildman–Crippen LogP) is 0.874. The third-order valence-corrected chi connectivity index (χ3v) is 2.82. The Bertz CT molecular complexity index is 540. The molecule has 1 rings (SSSR count). The summed E-state index contributed by atoms with van der Waals surface area (Å²) < 4.78 is 4.69. The fourth-order valence-corrected chi connectivity index (χ4v) is 1.80. The monoisotopic (exact) mass is 279 g/mol. The van der Waals surface area contributed by atoms with Crippen LogP contribution >= 0.6 is 0 Å². The number of carbonyl (C=O) groups excluding carboxylic acids is 2. The summed E-state index contributed by atoms with van der Waals surface area (Å²) in [6.45, 7) is 4.83. The average molecular weight is 279 g/mol. The van der Waals surface area contributed by atoms with Crippen molar-refractivity contribution in [1.82, 2.24) is 5.32 Å². The second-order valence-electron chi connectivity index (χ2n) is 4.52. The Morgan fingerprint density at radius 3 is 2.55 bits per heavy atom. The molecule has 0 heterocycles. The number of hydrogen-bond acceptors (Lipinski definition) is 5. The summed E-state index contributed by atoms with van der Waals surface area (Å²) in [6, 6.07) is 4.16. The van der Waals surface area contributed by atoms with Gasteiger partial charge in [0.1, 0.15) is 5.54 Å². The molecule has 108 valence electrons. The third-order valence-electron chi connectivity index (χ3n) is 2.82. The fourth-order valence-electron chi connectivity index (χ4n) is 1.80. The molecule has 0 saturated heterocycles. The van der Waals surface area contributed by atoms with E-state index in [1.165, 1.54) is 32.2 Å². The van der Waals surface area contributed by atoms with Crippen LogP contribution in [0.5, 0.6) is 11.5 Å². The van der Waals surface area contributed by atoms with Gasteiger partial charge in [0.25, 0.3) is 0 Å². The van der Waals surface area contributed by atoms with Crippen LogP contribution in [0.2, 0.25) is 0 Å². The van der Waals surface area contributed by atoms with E-state index >= 15 is 0 Å². The van der Waals surface area contributed by atoms with Crippen molar-refractivity contribution >= 4 is 11.9 Å². The number of methoxy groups -OCH3 is 1. The molecular weight excluding hydrogens is 262 g/mol. The van der Waals surface area contributed by atoms with Gasteiger partial charge in [0, 0.05) is 6.42 Å². The van der Waals surface area contributed by atoms with Crippen LogP contribution < -0.4 is 5.32 Å². The smallest absolute Gasteiger partial charge is 0.331 e. The van der Waals surface area contributed by atoms with Gasteiger partial charge in [0.15, 0.2) is 11.5 Å². The molecule has 0 aliphatic rings. The molecule has 1 amide bonds. The molecule has 0 aliphatic heterocycles. The van der Waals surface area contributed by atoms with E-state index in [0.29, 0.717) is 5.56 Å². The molecule has 1 atom stereocenters. The zero-order chi connectivity index (χ0) is 15.3. The third kappa shape index (κ3) is 3.50. The Morgan fingerprint density at radius 2 is 2.05 bits per heavy atom. The summed E-state index contributed by atoms with van der Waals surface area (Å²) in [4.78, 5) is 23.3. The quantitative estimate of drug-likeness (QED) is 0.422. The van der Waals surface area contributed by atoms with Crippen LogP contribution in [0.4, 0.5) is 0 Å². The zero-order valence-electron chi connectivity index (χ0n) is 11.3. The zero-order valence-corrected chi connectivity index (χ0v) is 11.3. The lowest BCUT2D eigenvalue weighted by Crippen LogP contribution is -2.53. The number of phenolic OH excluding ortho intramolecular Hbond substituents is 2. The highest BCUT2D eigenvalue weighted by molar-refractivity contribution is 5.93. The summed E-state index contributed by atoms with van der Waals surface area (Å²) in [5.41, 5.74) is -0.749. The van der Waals surface area contributed by atoms with Crippen LogP contribution in [0.15, 0.2) is 30.9 Å². The van der Waals surface area contributed by atoms with Crippen LogP contribution in [0.3, 0.4) is 0 Å². The lowest BCUT2D eigenvalue weighted by molar-refractivity contribution is -0.149. The lowest BCUT2D eigenvalue weighted by atomic mass is 9.92. The van der Waals surface area contributed by atoms with Crippen molar-refractivity contribution in [3.05, 3.63) is 36.4 Å². The highest BCUT2D eigenvalue weighted by atomic mass is 16.5. The molecule has 0 fully saturated rings. The molecular formula is C14H17NO5. The molecule has 1 aromatic carbocycles. The number of aromatic hydroxyl groups is 2. The largest absolute Gasteiger partial charge is 0.504 e. The number of ether oxygens (including phenoxy) is 1. The maximum atomic E-state index is 11.9. The maximum Gasteiger partial charge on any atom is 0.331 e. The van der Waals surface area contributed by atoms with Gasteiger partial charge in [-0.25, -0.2) is 4.79 Å². The topological polar surface area (TPSA) is 95.9 Å². The molecule has 0 bridgehead atoms. The number of benzene rings is 1. The van der Waals surface area contributed by atoms with E-state index in [1.54, 1.807) is 0 Å². The summed E-state index contributed by atoms with van der Waals surface area (Å²) >= 11 is 0. The highest BCUT2D eigenvalue weighted by Gasteiger charge is 2.35. The van der Waals surface area contributed by atoms with Crippen molar-refractivity contribution in [3.8, 4) is 11.5 Å². The Hall–Kier alpha value is -2.50. The minimum atomic E-state index is -1.30. The minimum Gasteiger partial charge on any atom is -0.504 e. The maximum absolute atomic E-state index is 11.9. The first-order chi connectivity index (χ1) is 9.32. The van der Waals surface area contributed by atoms with Gasteiger partial charge in [0.2, 0.25) is 5.91 Å². The number of nitrogens with one attached hydrogen (secondary N) is 1. The molecule has 0 aliphatic carbocycles. The van der Waals surface area contributed by atoms with Crippen molar-refractivity contribution in [3.63, 3.8) is 0 Å². The van der Waals surface area contributed by atoms with E-state index in [4.69, 9.17) is 0 Å². The van der Waals surface area contributed by atoms with Gasteiger partial charge < -0.3 is 20.3 Å². The van der Waals surface area contributed by atoms with Crippen LogP contribution in [0, 0.1) is 0 Å². The fraction of sp³-hybridized carbons (Fsp3) is 0.286. The van der Waals surface area contributed by atoms with Gasteiger partial charge in [-0.05, 0) is 30.7 Å². The molecule has 20 heavy (non-hydrogen) atoms. The molecule has 0 aromatic heterocycles. The normalized spacial score (nSPS) is 13.1. The lowest BCUT2D eigenvalue weighted by Gasteiger charge is -2.27. The highest BCUT2D eigenvalue weighted by Crippen LogP contribution is 2.27. The minimum absolute atomic E-state index is 0.0904. The number of rotatable bonds is 5. The Kier molecular flexibility index (Phi) is 4.74. The molecule has 0 spiro atoms. The van der Waals surface area contributed by atoms with Crippen LogP contribution in [0.25, 0.3) is 0 Å². The standard InChI is InChI=1S/C14H17NO5/c1-4-12(18)15-14(2,13(19)20-3)8-9-5-6-10(16)11(17)7-9/h4-7,16-17H,1,8H2,2-3H3,(H,15,18). The Balaban J connectivity index is 3.05. The average Bonchev–Trinajstić information content (AvgIpc) is 2.41. The number of amides is 1. The van der Waals surface area contributed by atoms with E-state index in [2.05, 4.69) is 16.6 Å². The van der Waals surface area contributed by atoms with Crippen molar-refractivity contribution in [2.45, 2.75) is 18.9 Å². The first-order valence-electron chi connectivity index (χ1n) is 5.86. The summed E-state index contributed by atoms with van der Waals surface area (Å²) in [6.07, 6.45) is 1.14. The summed E-state index contributed by atoms with van der Waals surface area (Å²) in [5.74, 6) is -1.70. The number of phenols is 2. The van der Waals surface area contributed by atoms with Crippen molar-refractivity contribution in [2.24, 2.45) is 0 Å². The predicted molar refractivity (Wildman–Crippen MR) is 72.2 cm³/mol. The van der Waals surface area contributed by atoms with E-state index in [9.17, 15) is 19.8 Å². The van der Waals surface area contributed by atoms with Gasteiger partial charge in [-0.15, -0.1) is 0 Å². The van der Waals surface area contributed by atoms with Crippen LogP contribution in [0.1, 0.15) is 12.5 Å². The van der Waals surface area contributed by atoms with Gasteiger partial charge in [-0.2, -0.15) is 0 Å². The molecule has 1 aromatic rings. The van der Waals surface area contributed by atoms with Gasteiger partial charge in [-0.1, -0.05) is 12.6 Å². The Labute approximate surface area is 116 Å². The van der Waals surface area contributed by atoms with Gasteiger partial charge >= 0.3 is 5.97 Å². The van der Waals surface area contributed by atoms with Crippen molar-refractivity contribution in [2.75, 3.05) is 7.11 Å². The SMILES string of the molecule is C=CC(=O)NC(C)(Cc1ccc(O)c(O)c1)C(=O)OC. The van der Waals surface area contributed by atoms with Crippen molar-refractivity contribution in [1.29, 1.82) is 0 Å². The van der Waals surface area contributed by atoms with Crippen molar-refractivity contribution < 1.29 is 24.5 Å². The Morgan fingerprint density at radius 1 is 1.40 bits per heavy atom. The van der Waals surface area contributed by atoms with E-state index in [-0.39, 0.29) is 17.9 Å². The van der Waals surface area contributed by atoms with Gasteiger partial charge in [0.05, 0.1) is 7.11 Å². The van der Waals surface area contributed by atoms with Crippen LogP contribution in [-0.4, -0.2) is 34.7 Å². The molecule has 6 nitrogen and oxygen atoms in total. The molecule has 0 radical (unpaired) electrons. The molecule has 1 unspecified atom stereocenters. The van der Waals surface area contributed by atoms with E-state index in [1.807, 2.05) is 0 Å². The van der Waals surface area contributed by atoms with Crippen LogP contribution in [-0.2, 0) is 20.7 Å². The molecule has 0 saturated carbocycles. The summed E-state index contributed by atoms with van der Waals surface area (Å²) in [7, 11) is 1.22. The number of carbonyl (C=O) groups is 2. The first-order valence-corrected chi connectivity index (χ1v) is 5.86.